The minimum atomic E-state index is -0.271. The molecule has 39 heavy (non-hydrogen) atoms. The Labute approximate surface area is 230 Å². The summed E-state index contributed by atoms with van der Waals surface area (Å²) in [5.41, 5.74) is 5.71. The van der Waals surface area contributed by atoms with Crippen LogP contribution in [0.3, 0.4) is 0 Å². The third-order valence-electron chi connectivity index (χ3n) is 7.08. The number of thiophene rings is 1. The van der Waals surface area contributed by atoms with Gasteiger partial charge >= 0.3 is 0 Å². The van der Waals surface area contributed by atoms with Gasteiger partial charge < -0.3 is 14.0 Å². The van der Waals surface area contributed by atoms with Crippen LogP contribution in [-0.2, 0) is 6.54 Å². The van der Waals surface area contributed by atoms with E-state index in [4.69, 9.17) is 9.72 Å². The van der Waals surface area contributed by atoms with Crippen molar-refractivity contribution in [1.29, 1.82) is 0 Å². The van der Waals surface area contributed by atoms with Crippen molar-refractivity contribution >= 4 is 22.9 Å². The fraction of sp³-hybridized carbons (Fsp3) is 0.226. The van der Waals surface area contributed by atoms with E-state index in [-0.39, 0.29) is 11.7 Å². The number of piperazine rings is 1. The number of pyridine rings is 1. The van der Waals surface area contributed by atoms with E-state index in [2.05, 4.69) is 27.6 Å². The van der Waals surface area contributed by atoms with Crippen LogP contribution in [0.4, 0.5) is 4.39 Å². The lowest BCUT2D eigenvalue weighted by Crippen LogP contribution is -2.48. The Kier molecular flexibility index (Phi) is 7.13. The monoisotopic (exact) mass is 540 g/mol. The second-order valence-corrected chi connectivity index (χ2v) is 10.5. The normalized spacial score (nSPS) is 14.2. The van der Waals surface area contributed by atoms with Gasteiger partial charge in [-0.2, -0.15) is 0 Å². The van der Waals surface area contributed by atoms with Gasteiger partial charge in [-0.25, -0.2) is 9.37 Å². The highest BCUT2D eigenvalue weighted by Gasteiger charge is 2.25. The number of hydrogen-bond acceptors (Lipinski definition) is 5. The fourth-order valence-corrected chi connectivity index (χ4v) is 5.75. The third kappa shape index (κ3) is 5.30. The number of carbonyl (C=O) groups excluding carboxylic acids is 1. The number of halogens is 1. The van der Waals surface area contributed by atoms with E-state index in [1.54, 1.807) is 12.1 Å². The van der Waals surface area contributed by atoms with E-state index in [0.717, 1.165) is 57.4 Å². The minimum absolute atomic E-state index is 0.102. The highest BCUT2D eigenvalue weighted by molar-refractivity contribution is 7.12. The van der Waals surface area contributed by atoms with Crippen molar-refractivity contribution < 1.29 is 13.9 Å². The van der Waals surface area contributed by atoms with Crippen molar-refractivity contribution in [3.8, 4) is 28.1 Å². The summed E-state index contributed by atoms with van der Waals surface area (Å²) in [6.45, 7) is 6.14. The van der Waals surface area contributed by atoms with Gasteiger partial charge in [-0.15, -0.1) is 11.3 Å². The predicted octanol–water partition coefficient (Wildman–Crippen LogP) is 6.23. The van der Waals surface area contributed by atoms with E-state index in [0.29, 0.717) is 26.2 Å². The molecule has 0 saturated carbocycles. The highest BCUT2D eigenvalue weighted by Crippen LogP contribution is 2.30. The first-order chi connectivity index (χ1) is 19.1. The lowest BCUT2D eigenvalue weighted by molar-refractivity contribution is 0.0631. The maximum absolute atomic E-state index is 13.7. The lowest BCUT2D eigenvalue weighted by atomic mass is 10.1. The Hall–Kier alpha value is -4.01. The molecule has 0 spiro atoms. The largest absolute Gasteiger partial charge is 0.494 e. The number of imidazole rings is 1. The molecular formula is C31H29FN4O2S. The Morgan fingerprint density at radius 2 is 1.74 bits per heavy atom. The summed E-state index contributed by atoms with van der Waals surface area (Å²) in [6, 6.07) is 22.5. The molecule has 0 atom stereocenters. The molecule has 0 aliphatic carbocycles. The minimum Gasteiger partial charge on any atom is -0.494 e. The maximum Gasteiger partial charge on any atom is 0.264 e. The number of rotatable bonds is 7. The molecule has 1 amide bonds. The second-order valence-electron chi connectivity index (χ2n) is 9.57. The SMILES string of the molecule is CCOc1cccc(-c2ccc3nc(-c4ccc(F)cc4)c(CN4CCN(C(=O)c5cccs5)CC4)n3c2)c1. The maximum atomic E-state index is 13.7. The molecular weight excluding hydrogens is 511 g/mol. The molecule has 0 bridgehead atoms. The average Bonchev–Trinajstić information content (AvgIpc) is 3.63. The predicted molar refractivity (Wildman–Crippen MR) is 153 cm³/mol. The summed E-state index contributed by atoms with van der Waals surface area (Å²) in [5.74, 6) is 0.667. The molecule has 1 aliphatic heterocycles. The molecule has 0 unspecified atom stereocenters. The smallest absolute Gasteiger partial charge is 0.264 e. The van der Waals surface area contributed by atoms with Gasteiger partial charge in [0.15, 0.2) is 0 Å². The Bertz CT molecular complexity index is 1590. The topological polar surface area (TPSA) is 50.1 Å². The Morgan fingerprint density at radius 3 is 2.49 bits per heavy atom. The quantitative estimate of drug-likeness (QED) is 0.246. The van der Waals surface area contributed by atoms with Crippen molar-refractivity contribution in [3.63, 3.8) is 0 Å². The summed E-state index contributed by atoms with van der Waals surface area (Å²) in [7, 11) is 0. The number of hydrogen-bond donors (Lipinski definition) is 0. The summed E-state index contributed by atoms with van der Waals surface area (Å²) in [6.07, 6.45) is 2.12. The van der Waals surface area contributed by atoms with Crippen LogP contribution in [0.5, 0.6) is 5.75 Å². The highest BCUT2D eigenvalue weighted by atomic mass is 32.1. The molecule has 198 valence electrons. The number of fused-ring (bicyclic) bond motifs is 1. The van der Waals surface area contributed by atoms with Crippen molar-refractivity contribution in [2.24, 2.45) is 0 Å². The van der Waals surface area contributed by atoms with Gasteiger partial charge in [0.2, 0.25) is 0 Å². The molecule has 4 heterocycles. The summed E-state index contributed by atoms with van der Waals surface area (Å²) >= 11 is 1.48. The van der Waals surface area contributed by atoms with Crippen LogP contribution >= 0.6 is 11.3 Å². The standard InChI is InChI=1S/C31H29FN4O2S/c1-2-38-26-6-3-5-23(19-26)24-10-13-29-33-30(22-8-11-25(32)12-9-22)27(36(29)20-24)21-34-14-16-35(17-15-34)31(37)28-7-4-18-39-28/h3-13,18-20H,2,14-17,21H2,1H3. The van der Waals surface area contributed by atoms with Gasteiger partial charge in [-0.1, -0.05) is 18.2 Å². The van der Waals surface area contributed by atoms with Crippen LogP contribution < -0.4 is 4.74 Å². The van der Waals surface area contributed by atoms with E-state index < -0.39 is 0 Å². The molecule has 3 aromatic heterocycles. The summed E-state index contributed by atoms with van der Waals surface area (Å²) in [5, 5.41) is 1.94. The molecule has 2 aromatic carbocycles. The van der Waals surface area contributed by atoms with Crippen molar-refractivity contribution in [2.45, 2.75) is 13.5 Å². The third-order valence-corrected chi connectivity index (χ3v) is 7.94. The van der Waals surface area contributed by atoms with Crippen LogP contribution in [0.2, 0.25) is 0 Å². The second kappa shape index (κ2) is 11.0. The van der Waals surface area contributed by atoms with Gasteiger partial charge in [-0.3, -0.25) is 9.69 Å². The Morgan fingerprint density at radius 1 is 0.949 bits per heavy atom. The molecule has 8 heteroatoms. The van der Waals surface area contributed by atoms with Gasteiger partial charge in [-0.05, 0) is 78.0 Å². The number of ether oxygens (including phenoxy) is 1. The van der Waals surface area contributed by atoms with Crippen LogP contribution in [0, 0.1) is 5.82 Å². The molecule has 5 aromatic rings. The van der Waals surface area contributed by atoms with Crippen LogP contribution in [0.15, 0.2) is 84.4 Å². The molecule has 1 fully saturated rings. The Balaban J connectivity index is 1.32. The van der Waals surface area contributed by atoms with Crippen molar-refractivity contribution in [3.05, 3.63) is 101 Å². The summed E-state index contributed by atoms with van der Waals surface area (Å²) < 4.78 is 21.6. The number of nitrogens with zero attached hydrogens (tertiary/aromatic N) is 4. The van der Waals surface area contributed by atoms with Gasteiger partial charge in [0.25, 0.3) is 5.91 Å². The van der Waals surface area contributed by atoms with Crippen LogP contribution in [0.25, 0.3) is 28.0 Å². The van der Waals surface area contributed by atoms with Crippen LogP contribution in [-0.4, -0.2) is 57.9 Å². The average molecular weight is 541 g/mol. The van der Waals surface area contributed by atoms with Crippen LogP contribution in [0.1, 0.15) is 22.3 Å². The van der Waals surface area contributed by atoms with Gasteiger partial charge in [0.05, 0.1) is 22.9 Å². The van der Waals surface area contributed by atoms with Crippen molar-refractivity contribution in [1.82, 2.24) is 19.2 Å². The van der Waals surface area contributed by atoms with Gasteiger partial charge in [0.1, 0.15) is 17.2 Å². The molecule has 1 aliphatic rings. The molecule has 1 saturated heterocycles. The van der Waals surface area contributed by atoms with Gasteiger partial charge in [0, 0.05) is 44.5 Å². The zero-order valence-electron chi connectivity index (χ0n) is 21.7. The molecule has 0 N–H and O–H groups in total. The molecule has 6 rings (SSSR count). The summed E-state index contributed by atoms with van der Waals surface area (Å²) in [4.78, 5) is 22.9. The zero-order chi connectivity index (χ0) is 26.8. The van der Waals surface area contributed by atoms with Crippen molar-refractivity contribution in [2.75, 3.05) is 32.8 Å². The first kappa shape index (κ1) is 25.3. The number of aromatic nitrogens is 2. The van der Waals surface area contributed by atoms with E-state index in [9.17, 15) is 9.18 Å². The fourth-order valence-electron chi connectivity index (χ4n) is 5.06. The molecule has 6 nitrogen and oxygen atoms in total. The zero-order valence-corrected chi connectivity index (χ0v) is 22.5. The molecule has 0 radical (unpaired) electrons. The van der Waals surface area contributed by atoms with E-state index in [1.807, 2.05) is 53.6 Å². The first-order valence-corrected chi connectivity index (χ1v) is 14.0. The number of amides is 1. The first-order valence-electron chi connectivity index (χ1n) is 13.1. The lowest BCUT2D eigenvalue weighted by Gasteiger charge is -2.34. The van der Waals surface area contributed by atoms with E-state index >= 15 is 0 Å². The number of benzene rings is 2. The number of carbonyl (C=O) groups is 1. The van der Waals surface area contributed by atoms with E-state index in [1.165, 1.54) is 23.5 Å².